The van der Waals surface area contributed by atoms with Crippen LogP contribution in [0.3, 0.4) is 0 Å². The molecule has 0 saturated carbocycles. The molecule has 2 atom stereocenters. The van der Waals surface area contributed by atoms with E-state index in [1.165, 1.54) is 24.3 Å². The van der Waals surface area contributed by atoms with Crippen molar-refractivity contribution in [2.24, 2.45) is 0 Å². The average Bonchev–Trinajstić information content (AvgIpc) is 2.66. The van der Waals surface area contributed by atoms with Gasteiger partial charge in [-0.25, -0.2) is 12.8 Å². The second-order valence-electron chi connectivity index (χ2n) is 7.73. The molecule has 1 N–H and O–H groups in total. The third kappa shape index (κ3) is 6.26. The van der Waals surface area contributed by atoms with Gasteiger partial charge >= 0.3 is 6.18 Å². The van der Waals surface area contributed by atoms with E-state index in [1.54, 1.807) is 29.0 Å². The fourth-order valence-electron chi connectivity index (χ4n) is 3.82. The molecule has 9 heteroatoms. The summed E-state index contributed by atoms with van der Waals surface area (Å²) >= 11 is 0. The second kappa shape index (κ2) is 9.03. The molecule has 2 aromatic carbocycles. The molecule has 1 heterocycles. The summed E-state index contributed by atoms with van der Waals surface area (Å²) in [6.45, 7) is 2.24. The minimum Gasteiger partial charge on any atom is -0.298 e. The zero-order valence-corrected chi connectivity index (χ0v) is 17.3. The van der Waals surface area contributed by atoms with Crippen LogP contribution in [0.4, 0.5) is 17.6 Å². The monoisotopic (exact) mass is 444 g/mol. The number of piperidine rings is 1. The lowest BCUT2D eigenvalue weighted by atomic mass is 9.90. The SMILES string of the molecule is CS(=O)(=O)N[C@@H](c1ccc(CN2CCCC(c3ccc(F)cc3)C2)cc1)C(F)(F)F. The van der Waals surface area contributed by atoms with E-state index in [2.05, 4.69) is 4.90 Å². The topological polar surface area (TPSA) is 49.4 Å². The number of alkyl halides is 3. The van der Waals surface area contributed by atoms with Crippen molar-refractivity contribution < 1.29 is 26.0 Å². The predicted octanol–water partition coefficient (Wildman–Crippen LogP) is 4.36. The number of rotatable bonds is 6. The third-order valence-electron chi connectivity index (χ3n) is 5.23. The molecule has 1 aliphatic heterocycles. The molecule has 4 nitrogen and oxygen atoms in total. The second-order valence-corrected chi connectivity index (χ2v) is 9.51. The Morgan fingerprint density at radius 2 is 1.73 bits per heavy atom. The van der Waals surface area contributed by atoms with Crippen LogP contribution in [0.15, 0.2) is 48.5 Å². The summed E-state index contributed by atoms with van der Waals surface area (Å²) in [5.74, 6) is 0.0150. The Morgan fingerprint density at radius 3 is 2.30 bits per heavy atom. The van der Waals surface area contributed by atoms with Gasteiger partial charge in [-0.05, 0) is 54.1 Å². The number of benzene rings is 2. The first-order valence-electron chi connectivity index (χ1n) is 9.62. The van der Waals surface area contributed by atoms with Crippen LogP contribution in [-0.2, 0) is 16.6 Å². The van der Waals surface area contributed by atoms with Crippen molar-refractivity contribution >= 4 is 10.0 Å². The normalized spacial score (nSPS) is 19.6. The Bertz CT molecular complexity index is 944. The summed E-state index contributed by atoms with van der Waals surface area (Å²) in [6.07, 6.45) is -2.05. The molecular weight excluding hydrogens is 420 g/mol. The highest BCUT2D eigenvalue weighted by Crippen LogP contribution is 2.33. The van der Waals surface area contributed by atoms with Crippen LogP contribution in [0.2, 0.25) is 0 Å². The Morgan fingerprint density at radius 1 is 1.10 bits per heavy atom. The number of hydrogen-bond donors (Lipinski definition) is 1. The van der Waals surface area contributed by atoms with Gasteiger partial charge in [-0.3, -0.25) is 4.90 Å². The molecule has 1 unspecified atom stereocenters. The molecular formula is C21H24F4N2O2S. The van der Waals surface area contributed by atoms with E-state index in [1.807, 2.05) is 0 Å². The first-order valence-corrected chi connectivity index (χ1v) is 11.5. The van der Waals surface area contributed by atoms with Gasteiger partial charge in [0.2, 0.25) is 10.0 Å². The van der Waals surface area contributed by atoms with Gasteiger partial charge in [0.25, 0.3) is 0 Å². The van der Waals surface area contributed by atoms with E-state index in [0.717, 1.165) is 37.1 Å². The molecule has 0 spiro atoms. The summed E-state index contributed by atoms with van der Waals surface area (Å²) in [7, 11) is -4.02. The lowest BCUT2D eigenvalue weighted by molar-refractivity contribution is -0.153. The molecule has 1 aliphatic rings. The molecule has 0 bridgehead atoms. The van der Waals surface area contributed by atoms with Gasteiger partial charge in [0.05, 0.1) is 6.26 Å². The van der Waals surface area contributed by atoms with Crippen molar-refractivity contribution in [2.45, 2.75) is 37.5 Å². The quantitative estimate of drug-likeness (QED) is 0.674. The van der Waals surface area contributed by atoms with Gasteiger partial charge in [-0.15, -0.1) is 0 Å². The molecule has 1 saturated heterocycles. The average molecular weight is 444 g/mol. The van der Waals surface area contributed by atoms with E-state index < -0.39 is 22.2 Å². The van der Waals surface area contributed by atoms with Gasteiger partial charge in [-0.2, -0.15) is 17.9 Å². The standard InChI is InChI=1S/C21H24F4N2O2S/c1-30(28,29)26-20(21(23,24)25)17-6-4-15(5-7-17)13-27-12-2-3-18(14-27)16-8-10-19(22)11-9-16/h4-11,18,20,26H,2-3,12-14H2,1H3/t18?,20-/m0/s1. The summed E-state index contributed by atoms with van der Waals surface area (Å²) < 4.78 is 77.3. The van der Waals surface area contributed by atoms with Crippen LogP contribution in [0.1, 0.15) is 41.5 Å². The molecule has 164 valence electrons. The lowest BCUT2D eigenvalue weighted by Crippen LogP contribution is -2.37. The van der Waals surface area contributed by atoms with E-state index in [-0.39, 0.29) is 17.3 Å². The zero-order valence-electron chi connectivity index (χ0n) is 16.5. The first-order chi connectivity index (χ1) is 14.0. The largest absolute Gasteiger partial charge is 0.408 e. The summed E-state index contributed by atoms with van der Waals surface area (Å²) in [4.78, 5) is 2.22. The van der Waals surface area contributed by atoms with Crippen molar-refractivity contribution in [1.29, 1.82) is 0 Å². The van der Waals surface area contributed by atoms with Gasteiger partial charge in [0.1, 0.15) is 11.9 Å². The van der Waals surface area contributed by atoms with Crippen LogP contribution in [0.25, 0.3) is 0 Å². The highest BCUT2D eigenvalue weighted by molar-refractivity contribution is 7.88. The van der Waals surface area contributed by atoms with E-state index in [9.17, 15) is 26.0 Å². The highest BCUT2D eigenvalue weighted by Gasteiger charge is 2.42. The maximum Gasteiger partial charge on any atom is 0.408 e. The van der Waals surface area contributed by atoms with Gasteiger partial charge in [-0.1, -0.05) is 36.4 Å². The van der Waals surface area contributed by atoms with Crippen LogP contribution < -0.4 is 4.72 Å². The number of likely N-dealkylation sites (tertiary alicyclic amines) is 1. The summed E-state index contributed by atoms with van der Waals surface area (Å²) in [5.41, 5.74) is 1.77. The van der Waals surface area contributed by atoms with Crippen LogP contribution in [0, 0.1) is 5.82 Å². The van der Waals surface area contributed by atoms with E-state index in [4.69, 9.17) is 0 Å². The van der Waals surface area contributed by atoms with Gasteiger partial charge < -0.3 is 0 Å². The molecule has 1 fully saturated rings. The molecule has 0 aromatic heterocycles. The number of hydrogen-bond acceptors (Lipinski definition) is 3. The lowest BCUT2D eigenvalue weighted by Gasteiger charge is -2.33. The van der Waals surface area contributed by atoms with Crippen molar-refractivity contribution in [3.05, 3.63) is 71.0 Å². The predicted molar refractivity (Wildman–Crippen MR) is 107 cm³/mol. The Kier molecular flexibility index (Phi) is 6.84. The molecule has 30 heavy (non-hydrogen) atoms. The summed E-state index contributed by atoms with van der Waals surface area (Å²) in [6, 6.07) is 10.0. The van der Waals surface area contributed by atoms with Crippen molar-refractivity contribution in [1.82, 2.24) is 9.62 Å². The minimum atomic E-state index is -4.74. The number of nitrogens with one attached hydrogen (secondary N) is 1. The van der Waals surface area contributed by atoms with Crippen LogP contribution in [-0.4, -0.2) is 38.8 Å². The Labute approximate surface area is 173 Å². The van der Waals surface area contributed by atoms with Crippen molar-refractivity contribution in [3.8, 4) is 0 Å². The van der Waals surface area contributed by atoms with Crippen molar-refractivity contribution in [3.63, 3.8) is 0 Å². The van der Waals surface area contributed by atoms with Gasteiger partial charge in [0, 0.05) is 13.1 Å². The van der Waals surface area contributed by atoms with Crippen molar-refractivity contribution in [2.75, 3.05) is 19.3 Å². The molecule has 0 aliphatic carbocycles. The van der Waals surface area contributed by atoms with Crippen LogP contribution >= 0.6 is 0 Å². The maximum atomic E-state index is 13.3. The fraction of sp³-hybridized carbons (Fsp3) is 0.429. The highest BCUT2D eigenvalue weighted by atomic mass is 32.2. The molecule has 3 rings (SSSR count). The molecule has 0 amide bonds. The first kappa shape index (κ1) is 22.7. The van der Waals surface area contributed by atoms with E-state index >= 15 is 0 Å². The fourth-order valence-corrected chi connectivity index (χ4v) is 4.52. The third-order valence-corrected chi connectivity index (χ3v) is 5.89. The smallest absolute Gasteiger partial charge is 0.298 e. The Balaban J connectivity index is 1.68. The Hall–Kier alpha value is -1.97. The maximum absolute atomic E-state index is 13.3. The molecule has 2 aromatic rings. The molecule has 0 radical (unpaired) electrons. The van der Waals surface area contributed by atoms with Gasteiger partial charge in [0.15, 0.2) is 0 Å². The minimum absolute atomic E-state index is 0.153. The number of nitrogens with zero attached hydrogens (tertiary/aromatic N) is 1. The van der Waals surface area contributed by atoms with Crippen LogP contribution in [0.5, 0.6) is 0 Å². The number of sulfonamides is 1. The summed E-state index contributed by atoms with van der Waals surface area (Å²) in [5, 5.41) is 0. The number of halogens is 4. The zero-order chi connectivity index (χ0) is 21.9. The van der Waals surface area contributed by atoms with E-state index in [0.29, 0.717) is 12.8 Å².